The van der Waals surface area contributed by atoms with Gasteiger partial charge in [-0.2, -0.15) is 0 Å². The Hall–Kier alpha value is -4.46. The van der Waals surface area contributed by atoms with Crippen molar-refractivity contribution in [2.75, 3.05) is 0 Å². The van der Waals surface area contributed by atoms with Crippen LogP contribution in [0.2, 0.25) is 5.02 Å². The lowest BCUT2D eigenvalue weighted by Gasteiger charge is -2.10. The second-order valence-electron chi connectivity index (χ2n) is 8.01. The van der Waals surface area contributed by atoms with Crippen LogP contribution >= 0.6 is 11.6 Å². The van der Waals surface area contributed by atoms with Gasteiger partial charge in [0.1, 0.15) is 12.4 Å². The number of halogens is 1. The van der Waals surface area contributed by atoms with E-state index in [2.05, 4.69) is 16.8 Å². The number of fused-ring (bicyclic) bond motifs is 1. The highest BCUT2D eigenvalue weighted by atomic mass is 35.5. The van der Waals surface area contributed by atoms with Crippen LogP contribution in [0, 0.1) is 11.8 Å². The Morgan fingerprint density at radius 1 is 0.914 bits per heavy atom. The van der Waals surface area contributed by atoms with E-state index in [4.69, 9.17) is 16.3 Å². The molecule has 0 saturated heterocycles. The molecule has 0 unspecified atom stereocenters. The van der Waals surface area contributed by atoms with E-state index >= 15 is 0 Å². The molecule has 170 valence electrons. The number of carboxylic acid groups (broad SMARTS) is 1. The van der Waals surface area contributed by atoms with Gasteiger partial charge in [0.15, 0.2) is 0 Å². The van der Waals surface area contributed by atoms with Crippen LogP contribution in [-0.2, 0) is 6.61 Å². The monoisotopic (exact) mass is 477 g/mol. The third kappa shape index (κ3) is 5.06. The van der Waals surface area contributed by atoms with E-state index in [0.717, 1.165) is 27.6 Å². The molecule has 0 aliphatic rings. The molecule has 0 saturated carbocycles. The van der Waals surface area contributed by atoms with E-state index in [-0.39, 0.29) is 5.56 Å². The first kappa shape index (κ1) is 22.3. The van der Waals surface area contributed by atoms with E-state index in [1.807, 2.05) is 72.9 Å². The Bertz CT molecular complexity index is 1590. The summed E-state index contributed by atoms with van der Waals surface area (Å²) in [4.78, 5) is 15.2. The minimum atomic E-state index is -0.987. The van der Waals surface area contributed by atoms with Crippen LogP contribution in [0.25, 0.3) is 22.0 Å². The number of benzene rings is 4. The Kier molecular flexibility index (Phi) is 6.26. The second-order valence-corrected chi connectivity index (χ2v) is 8.44. The van der Waals surface area contributed by atoms with Crippen LogP contribution < -0.4 is 4.74 Å². The van der Waals surface area contributed by atoms with Gasteiger partial charge in [-0.3, -0.25) is 0 Å². The number of carboxylic acids is 1. The summed E-state index contributed by atoms with van der Waals surface area (Å²) < 4.78 is 5.79. The zero-order valence-corrected chi connectivity index (χ0v) is 19.3. The largest absolute Gasteiger partial charge is 0.489 e. The van der Waals surface area contributed by atoms with E-state index < -0.39 is 5.97 Å². The van der Waals surface area contributed by atoms with Gasteiger partial charge in [-0.1, -0.05) is 59.8 Å². The predicted octanol–water partition coefficient (Wildman–Crippen LogP) is 7.17. The Morgan fingerprint density at radius 3 is 2.54 bits per heavy atom. The first-order valence-corrected chi connectivity index (χ1v) is 11.4. The van der Waals surface area contributed by atoms with Gasteiger partial charge in [-0.05, 0) is 71.1 Å². The summed E-state index contributed by atoms with van der Waals surface area (Å²) in [7, 11) is 0. The maximum Gasteiger partial charge on any atom is 0.336 e. The van der Waals surface area contributed by atoms with Crippen LogP contribution in [0.15, 0.2) is 97.2 Å². The van der Waals surface area contributed by atoms with Crippen LogP contribution in [0.1, 0.15) is 27.0 Å². The second kappa shape index (κ2) is 9.80. The molecule has 35 heavy (non-hydrogen) atoms. The maximum absolute atomic E-state index is 12.0. The fourth-order valence-electron chi connectivity index (χ4n) is 3.90. The normalized spacial score (nSPS) is 10.5. The number of ether oxygens (including phenoxy) is 1. The predicted molar refractivity (Wildman–Crippen MR) is 139 cm³/mol. The highest BCUT2D eigenvalue weighted by molar-refractivity contribution is 6.30. The lowest BCUT2D eigenvalue weighted by atomic mass is 9.93. The third-order valence-corrected chi connectivity index (χ3v) is 5.87. The summed E-state index contributed by atoms with van der Waals surface area (Å²) in [6, 6.07) is 28.1. The van der Waals surface area contributed by atoms with Gasteiger partial charge >= 0.3 is 5.97 Å². The molecule has 2 N–H and O–H groups in total. The summed E-state index contributed by atoms with van der Waals surface area (Å²) >= 11 is 6.00. The molecule has 1 aromatic heterocycles. The Balaban J connectivity index is 1.42. The molecule has 0 aliphatic carbocycles. The van der Waals surface area contributed by atoms with Crippen LogP contribution in [0.4, 0.5) is 0 Å². The summed E-state index contributed by atoms with van der Waals surface area (Å²) in [5.74, 6) is 6.07. The van der Waals surface area contributed by atoms with Gasteiger partial charge in [0.05, 0.1) is 5.56 Å². The average molecular weight is 478 g/mol. The standard InChI is InChI=1S/C30H20ClNO3/c31-25-4-2-5-26(18-25)35-19-21-9-7-20(8-10-21)11-12-23-3-1-6-27(30(33)34)29(23)24-14-13-22-15-16-32-28(22)17-24/h1-10,13-18,32H,19H2,(H,33,34). The van der Waals surface area contributed by atoms with Crippen LogP contribution in [0.5, 0.6) is 5.75 Å². The van der Waals surface area contributed by atoms with Gasteiger partial charge in [-0.25, -0.2) is 4.79 Å². The number of aromatic amines is 1. The van der Waals surface area contributed by atoms with Crippen molar-refractivity contribution < 1.29 is 14.6 Å². The minimum Gasteiger partial charge on any atom is -0.489 e. The fourth-order valence-corrected chi connectivity index (χ4v) is 4.08. The summed E-state index contributed by atoms with van der Waals surface area (Å²) in [5.41, 5.74) is 5.05. The zero-order valence-electron chi connectivity index (χ0n) is 18.6. The van der Waals surface area contributed by atoms with Crippen molar-refractivity contribution in [1.82, 2.24) is 4.98 Å². The quantitative estimate of drug-likeness (QED) is 0.264. The van der Waals surface area contributed by atoms with Crippen LogP contribution in [-0.4, -0.2) is 16.1 Å². The number of nitrogens with one attached hydrogen (secondary N) is 1. The minimum absolute atomic E-state index is 0.219. The molecule has 1 heterocycles. The molecule has 0 atom stereocenters. The number of rotatable bonds is 5. The molecule has 0 aliphatic heterocycles. The Labute approximate surface area is 207 Å². The molecule has 5 rings (SSSR count). The van der Waals surface area contributed by atoms with Crippen molar-refractivity contribution in [1.29, 1.82) is 0 Å². The van der Waals surface area contributed by atoms with E-state index in [0.29, 0.717) is 28.5 Å². The molecule has 0 radical (unpaired) electrons. The SMILES string of the molecule is O=C(O)c1cccc(C#Cc2ccc(COc3cccc(Cl)c3)cc2)c1-c1ccc2cc[nH]c2c1. The first-order chi connectivity index (χ1) is 17.1. The first-order valence-electron chi connectivity index (χ1n) is 11.0. The number of hydrogen-bond donors (Lipinski definition) is 2. The number of hydrogen-bond acceptors (Lipinski definition) is 2. The van der Waals surface area contributed by atoms with Gasteiger partial charge in [0.2, 0.25) is 0 Å². The van der Waals surface area contributed by atoms with Crippen molar-refractivity contribution >= 4 is 28.5 Å². The van der Waals surface area contributed by atoms with E-state index in [1.165, 1.54) is 0 Å². The number of aromatic nitrogens is 1. The molecular formula is C30H20ClNO3. The molecule has 4 aromatic carbocycles. The Morgan fingerprint density at radius 2 is 1.74 bits per heavy atom. The summed E-state index contributed by atoms with van der Waals surface area (Å²) in [5, 5.41) is 11.5. The van der Waals surface area contributed by atoms with Gasteiger partial charge in [0, 0.05) is 33.4 Å². The van der Waals surface area contributed by atoms with E-state index in [9.17, 15) is 9.90 Å². The van der Waals surface area contributed by atoms with Gasteiger partial charge < -0.3 is 14.8 Å². The highest BCUT2D eigenvalue weighted by Gasteiger charge is 2.15. The number of carbonyl (C=O) groups is 1. The van der Waals surface area contributed by atoms with Gasteiger partial charge in [-0.15, -0.1) is 0 Å². The van der Waals surface area contributed by atoms with E-state index in [1.54, 1.807) is 24.3 Å². The van der Waals surface area contributed by atoms with Crippen molar-refractivity contribution in [3.8, 4) is 28.7 Å². The van der Waals surface area contributed by atoms with Crippen molar-refractivity contribution in [2.45, 2.75) is 6.61 Å². The smallest absolute Gasteiger partial charge is 0.336 e. The van der Waals surface area contributed by atoms with Crippen molar-refractivity contribution in [2.24, 2.45) is 0 Å². The molecular weight excluding hydrogens is 458 g/mol. The van der Waals surface area contributed by atoms with Crippen molar-refractivity contribution in [3.63, 3.8) is 0 Å². The average Bonchev–Trinajstić information content (AvgIpc) is 3.34. The zero-order chi connectivity index (χ0) is 24.2. The van der Waals surface area contributed by atoms with Crippen LogP contribution in [0.3, 0.4) is 0 Å². The molecule has 0 spiro atoms. The number of aromatic carboxylic acids is 1. The summed E-state index contributed by atoms with van der Waals surface area (Å²) in [6.07, 6.45) is 1.86. The summed E-state index contributed by atoms with van der Waals surface area (Å²) in [6.45, 7) is 0.417. The molecule has 0 fully saturated rings. The molecule has 5 aromatic rings. The fraction of sp³-hybridized carbons (Fsp3) is 0.0333. The van der Waals surface area contributed by atoms with Gasteiger partial charge in [0.25, 0.3) is 0 Å². The third-order valence-electron chi connectivity index (χ3n) is 5.64. The lowest BCUT2D eigenvalue weighted by Crippen LogP contribution is -2.01. The van der Waals surface area contributed by atoms with Crippen molar-refractivity contribution in [3.05, 3.63) is 124 Å². The molecule has 0 amide bonds. The highest BCUT2D eigenvalue weighted by Crippen LogP contribution is 2.30. The molecule has 0 bridgehead atoms. The molecule has 5 heteroatoms. The topological polar surface area (TPSA) is 62.3 Å². The number of H-pyrrole nitrogens is 1. The maximum atomic E-state index is 12.0. The molecule has 4 nitrogen and oxygen atoms in total. The lowest BCUT2D eigenvalue weighted by molar-refractivity contribution is 0.0697.